The molecule has 6 heteroatoms. The Labute approximate surface area is 145 Å². The summed E-state index contributed by atoms with van der Waals surface area (Å²) in [5.74, 6) is 4.39. The fraction of sp³-hybridized carbons (Fsp3) is 0.529. The predicted molar refractivity (Wildman–Crippen MR) is 104 cm³/mol. The number of nitrogens with one attached hydrogen (secondary N) is 1. The Hall–Kier alpha value is -0.870. The highest BCUT2D eigenvalue weighted by molar-refractivity contribution is 8.15. The van der Waals surface area contributed by atoms with E-state index in [1.165, 1.54) is 11.8 Å². The standard InChI is InChI=1S/C17H29N3OPS/c1-15(20-11-10-19)16-7-12-22(13-8-16)14-23-17(21)6-4-2-3-5-9-18/h7-8,12-13,20H,1-6,9-11,14,18-19H2/q+1. The molecule has 128 valence electrons. The molecule has 0 aliphatic carbocycles. The summed E-state index contributed by atoms with van der Waals surface area (Å²) in [6, 6.07) is 4.19. The molecule has 1 heterocycles. The van der Waals surface area contributed by atoms with Crippen LogP contribution in [0.25, 0.3) is 5.70 Å². The van der Waals surface area contributed by atoms with Crippen LogP contribution in [0.4, 0.5) is 0 Å². The van der Waals surface area contributed by atoms with Crippen LogP contribution in [0.1, 0.15) is 37.7 Å². The van der Waals surface area contributed by atoms with Crippen molar-refractivity contribution in [3.05, 3.63) is 35.9 Å². The van der Waals surface area contributed by atoms with Gasteiger partial charge in [0, 0.05) is 30.8 Å². The van der Waals surface area contributed by atoms with Gasteiger partial charge >= 0.3 is 0 Å². The van der Waals surface area contributed by atoms with Gasteiger partial charge in [-0.15, -0.1) is 0 Å². The Morgan fingerprint density at radius 2 is 1.83 bits per heavy atom. The van der Waals surface area contributed by atoms with E-state index in [9.17, 15) is 4.79 Å². The van der Waals surface area contributed by atoms with Crippen LogP contribution in [0, 0.1) is 0 Å². The number of unbranched alkanes of at least 4 members (excludes halogenated alkanes) is 3. The van der Waals surface area contributed by atoms with Crippen molar-refractivity contribution in [3.8, 4) is 0 Å². The summed E-state index contributed by atoms with van der Waals surface area (Å²) in [6.45, 7) is 6.08. The number of thioether (sulfide) groups is 1. The van der Waals surface area contributed by atoms with Crippen molar-refractivity contribution in [3.63, 3.8) is 0 Å². The molecule has 23 heavy (non-hydrogen) atoms. The smallest absolute Gasteiger partial charge is 0.192 e. The minimum atomic E-state index is -0.343. The quantitative estimate of drug-likeness (QED) is 0.500. The van der Waals surface area contributed by atoms with Crippen molar-refractivity contribution in [2.45, 2.75) is 37.6 Å². The molecule has 0 aliphatic heterocycles. The number of carbonyl (C=O) groups is 1. The van der Waals surface area contributed by atoms with Gasteiger partial charge < -0.3 is 16.8 Å². The van der Waals surface area contributed by atoms with Crippen LogP contribution in [0.2, 0.25) is 0 Å². The lowest BCUT2D eigenvalue weighted by Gasteiger charge is -2.07. The fourth-order valence-electron chi connectivity index (χ4n) is 2.06. The van der Waals surface area contributed by atoms with E-state index >= 15 is 0 Å². The Kier molecular flexibility index (Phi) is 11.0. The SMILES string of the molecule is C=C(NCCN)c1cc[p+](CSC(=O)CCCCCCN)cc1. The van der Waals surface area contributed by atoms with Gasteiger partial charge in [0.25, 0.3) is 0 Å². The van der Waals surface area contributed by atoms with Crippen LogP contribution >= 0.6 is 19.3 Å². The fourth-order valence-corrected chi connectivity index (χ4v) is 5.01. The molecule has 0 aliphatic rings. The highest BCUT2D eigenvalue weighted by atomic mass is 32.2. The van der Waals surface area contributed by atoms with Crippen molar-refractivity contribution >= 4 is 30.1 Å². The molecular formula is C17H29N3OPS+. The molecule has 0 bridgehead atoms. The van der Waals surface area contributed by atoms with E-state index in [1.807, 2.05) is 0 Å². The maximum atomic E-state index is 11.9. The van der Waals surface area contributed by atoms with E-state index in [2.05, 4.69) is 35.6 Å². The topological polar surface area (TPSA) is 81.1 Å². The maximum Gasteiger partial charge on any atom is 0.192 e. The first-order chi connectivity index (χ1) is 11.2. The lowest BCUT2D eigenvalue weighted by molar-refractivity contribution is -0.111. The van der Waals surface area contributed by atoms with Gasteiger partial charge in [0.15, 0.2) is 10.6 Å². The zero-order chi connectivity index (χ0) is 16.9. The monoisotopic (exact) mass is 354 g/mol. The minimum Gasteiger partial charge on any atom is -0.384 e. The summed E-state index contributed by atoms with van der Waals surface area (Å²) >= 11 is 1.47. The van der Waals surface area contributed by atoms with Gasteiger partial charge in [0.1, 0.15) is 19.1 Å². The van der Waals surface area contributed by atoms with Crippen molar-refractivity contribution in [1.29, 1.82) is 0 Å². The van der Waals surface area contributed by atoms with Gasteiger partial charge in [-0.05, 0) is 43.3 Å². The average molecular weight is 354 g/mol. The molecule has 0 amide bonds. The Bertz CT molecular complexity index is 479. The van der Waals surface area contributed by atoms with Gasteiger partial charge in [-0.1, -0.05) is 19.4 Å². The molecule has 1 aromatic heterocycles. The highest BCUT2D eigenvalue weighted by Crippen LogP contribution is 2.34. The van der Waals surface area contributed by atoms with Crippen LogP contribution in [0.5, 0.6) is 0 Å². The molecule has 4 nitrogen and oxygen atoms in total. The van der Waals surface area contributed by atoms with E-state index in [0.29, 0.717) is 18.1 Å². The molecule has 0 radical (unpaired) electrons. The van der Waals surface area contributed by atoms with Crippen LogP contribution in [0.3, 0.4) is 0 Å². The van der Waals surface area contributed by atoms with Crippen molar-refractivity contribution < 1.29 is 4.79 Å². The largest absolute Gasteiger partial charge is 0.384 e. The van der Waals surface area contributed by atoms with Crippen molar-refractivity contribution in [1.82, 2.24) is 5.32 Å². The van der Waals surface area contributed by atoms with Crippen LogP contribution < -0.4 is 16.8 Å². The molecule has 5 N–H and O–H groups in total. The number of hydrogen-bond donors (Lipinski definition) is 3. The Balaban J connectivity index is 2.27. The first kappa shape index (κ1) is 20.2. The highest BCUT2D eigenvalue weighted by Gasteiger charge is 2.11. The molecular weight excluding hydrogens is 325 g/mol. The normalized spacial score (nSPS) is 10.5. The third-order valence-corrected chi connectivity index (χ3v) is 6.73. The zero-order valence-electron chi connectivity index (χ0n) is 13.8. The minimum absolute atomic E-state index is 0.311. The molecule has 0 unspecified atom stereocenters. The molecule has 0 atom stereocenters. The lowest BCUT2D eigenvalue weighted by atomic mass is 10.1. The summed E-state index contributed by atoms with van der Waals surface area (Å²) in [6.07, 6.45) is 4.97. The second kappa shape index (κ2) is 12.5. The number of hydrogen-bond acceptors (Lipinski definition) is 5. The summed E-state index contributed by atoms with van der Waals surface area (Å²) in [4.78, 5) is 11.9. The predicted octanol–water partition coefficient (Wildman–Crippen LogP) is 3.60. The van der Waals surface area contributed by atoms with Crippen LogP contribution in [-0.4, -0.2) is 24.7 Å². The number of carbonyl (C=O) groups excluding carboxylic acids is 1. The Morgan fingerprint density at radius 1 is 1.13 bits per heavy atom. The van der Waals surface area contributed by atoms with Gasteiger partial charge in [-0.2, -0.15) is 0 Å². The molecule has 1 rings (SSSR count). The van der Waals surface area contributed by atoms with Crippen LogP contribution in [0.15, 0.2) is 30.3 Å². The second-order valence-electron chi connectivity index (χ2n) is 5.39. The van der Waals surface area contributed by atoms with Crippen LogP contribution in [-0.2, 0) is 10.3 Å². The third-order valence-electron chi connectivity index (χ3n) is 3.43. The van der Waals surface area contributed by atoms with Crippen molar-refractivity contribution in [2.24, 2.45) is 11.5 Å². The number of rotatable bonds is 12. The summed E-state index contributed by atoms with van der Waals surface area (Å²) in [7, 11) is -0.343. The van der Waals surface area contributed by atoms with E-state index in [4.69, 9.17) is 11.5 Å². The molecule has 0 spiro atoms. The molecule has 0 fully saturated rings. The number of nitrogens with two attached hydrogens (primary N) is 2. The van der Waals surface area contributed by atoms with E-state index in [-0.39, 0.29) is 7.53 Å². The Morgan fingerprint density at radius 3 is 2.48 bits per heavy atom. The third kappa shape index (κ3) is 9.11. The second-order valence-corrected chi connectivity index (χ2v) is 8.79. The van der Waals surface area contributed by atoms with Gasteiger partial charge in [0.2, 0.25) is 0 Å². The first-order valence-corrected chi connectivity index (χ1v) is 10.8. The van der Waals surface area contributed by atoms with E-state index < -0.39 is 0 Å². The zero-order valence-corrected chi connectivity index (χ0v) is 15.5. The molecule has 0 aromatic carbocycles. The summed E-state index contributed by atoms with van der Waals surface area (Å²) < 4.78 is 0. The van der Waals surface area contributed by atoms with Crippen molar-refractivity contribution in [2.75, 3.05) is 19.6 Å². The van der Waals surface area contributed by atoms with E-state index in [1.54, 1.807) is 0 Å². The molecule has 0 saturated carbocycles. The first-order valence-electron chi connectivity index (χ1n) is 8.15. The van der Waals surface area contributed by atoms with Gasteiger partial charge in [0.05, 0.1) is 0 Å². The average Bonchev–Trinajstić information content (AvgIpc) is 2.58. The summed E-state index contributed by atoms with van der Waals surface area (Å²) in [5.41, 5.74) is 13.8. The molecule has 0 saturated heterocycles. The van der Waals surface area contributed by atoms with Gasteiger partial charge in [-0.25, -0.2) is 0 Å². The van der Waals surface area contributed by atoms with E-state index in [0.717, 1.165) is 55.5 Å². The van der Waals surface area contributed by atoms with Gasteiger partial charge in [-0.3, -0.25) is 4.79 Å². The lowest BCUT2D eigenvalue weighted by Crippen LogP contribution is -2.20. The summed E-state index contributed by atoms with van der Waals surface area (Å²) in [5, 5.41) is 3.50. The maximum absolute atomic E-state index is 11.9. The molecule has 1 aromatic rings.